The van der Waals surface area contributed by atoms with Crippen molar-refractivity contribution in [2.75, 3.05) is 12.3 Å². The molecule has 1 saturated heterocycles. The molecule has 3 aromatic carbocycles. The lowest BCUT2D eigenvalue weighted by Crippen LogP contribution is -2.32. The molecule has 0 saturated carbocycles. The quantitative estimate of drug-likeness (QED) is 0.354. The Morgan fingerprint density at radius 3 is 2.37 bits per heavy atom. The molecule has 35 heavy (non-hydrogen) atoms. The molecule has 1 fully saturated rings. The summed E-state index contributed by atoms with van der Waals surface area (Å²) in [5.41, 5.74) is 9.99. The summed E-state index contributed by atoms with van der Waals surface area (Å²) >= 11 is 3.44. The fourth-order valence-corrected chi connectivity index (χ4v) is 4.30. The van der Waals surface area contributed by atoms with Gasteiger partial charge >= 0.3 is 0 Å². The van der Waals surface area contributed by atoms with Gasteiger partial charge < -0.3 is 15.4 Å². The van der Waals surface area contributed by atoms with Crippen LogP contribution < -0.4 is 5.73 Å². The first kappa shape index (κ1) is 23.2. The van der Waals surface area contributed by atoms with E-state index in [1.165, 1.54) is 16.9 Å². The van der Waals surface area contributed by atoms with Gasteiger partial charge in [0.2, 0.25) is 0 Å². The zero-order valence-corrected chi connectivity index (χ0v) is 20.5. The molecular weight excluding hydrogens is 513 g/mol. The number of hydrogen-bond acceptors (Lipinski definition) is 5. The first-order valence-corrected chi connectivity index (χ1v) is 12.0. The number of rotatable bonds is 6. The van der Waals surface area contributed by atoms with Crippen molar-refractivity contribution in [3.05, 3.63) is 94.3 Å². The molecule has 1 unspecified atom stereocenters. The molecule has 1 aliphatic rings. The lowest BCUT2D eigenvalue weighted by molar-refractivity contribution is -0.130. The number of amides is 1. The third-order valence-electron chi connectivity index (χ3n) is 5.92. The van der Waals surface area contributed by atoms with Gasteiger partial charge in [-0.05, 0) is 79.6 Å². The molecule has 0 aliphatic carbocycles. The van der Waals surface area contributed by atoms with E-state index < -0.39 is 12.3 Å². The number of carbonyl (C=O) groups is 1. The number of nitrogens with zero attached hydrogens (tertiary/aromatic N) is 4. The van der Waals surface area contributed by atoms with Crippen LogP contribution in [0.2, 0.25) is 0 Å². The van der Waals surface area contributed by atoms with Gasteiger partial charge in [-0.1, -0.05) is 28.1 Å². The molecular formula is C26H23BrFN5O2. The number of nitrogens with two attached hydrogens (primary N) is 1. The van der Waals surface area contributed by atoms with E-state index in [2.05, 4.69) is 15.9 Å². The number of anilines is 1. The minimum absolute atomic E-state index is 0.117. The highest BCUT2D eigenvalue weighted by molar-refractivity contribution is 9.10. The number of hydrogen-bond donors (Lipinski definition) is 1. The predicted molar refractivity (Wildman–Crippen MR) is 134 cm³/mol. The molecule has 178 valence electrons. The first-order chi connectivity index (χ1) is 16.9. The average molecular weight is 536 g/mol. The summed E-state index contributed by atoms with van der Waals surface area (Å²) < 4.78 is 20.7. The topological polar surface area (TPSA) is 86.3 Å². The summed E-state index contributed by atoms with van der Waals surface area (Å²) in [7, 11) is 0. The first-order valence-electron chi connectivity index (χ1n) is 11.2. The van der Waals surface area contributed by atoms with Crippen molar-refractivity contribution in [2.24, 2.45) is 0 Å². The number of aromatic nitrogens is 3. The molecule has 7 nitrogen and oxygen atoms in total. The van der Waals surface area contributed by atoms with E-state index in [4.69, 9.17) is 20.7 Å². The van der Waals surface area contributed by atoms with Crippen LogP contribution in [0.15, 0.2) is 77.3 Å². The lowest BCUT2D eigenvalue weighted by atomic mass is 10.1. The largest absolute Gasteiger partial charge is 0.399 e. The van der Waals surface area contributed by atoms with Crippen LogP contribution in [-0.4, -0.2) is 38.4 Å². The van der Waals surface area contributed by atoms with Crippen molar-refractivity contribution >= 4 is 27.5 Å². The van der Waals surface area contributed by atoms with E-state index in [1.54, 1.807) is 24.0 Å². The molecule has 0 bridgehead atoms. The molecule has 0 radical (unpaired) electrons. The Balaban J connectivity index is 1.53. The van der Waals surface area contributed by atoms with Crippen LogP contribution in [0.25, 0.3) is 16.9 Å². The SMILES string of the molecule is CC1O[C@H](c2nn(-c3ccc(Br)cc3)nc2-c2ccc(F)cc2)N(CCc2ccc(N)cc2)C1=O. The van der Waals surface area contributed by atoms with Gasteiger partial charge in [-0.25, -0.2) is 4.39 Å². The maximum absolute atomic E-state index is 13.6. The standard InChI is InChI=1S/C26H23BrFN5O2/c1-16-25(34)32(15-14-17-2-10-21(29)11-3-17)26(35-16)24-23(18-4-8-20(28)9-5-18)30-33(31-24)22-12-6-19(27)7-13-22/h2-13,16,26H,14-15,29H2,1H3/t16?,26-/m1/s1. The summed E-state index contributed by atoms with van der Waals surface area (Å²) in [6.07, 6.45) is -0.716. The Morgan fingerprint density at radius 2 is 1.69 bits per heavy atom. The molecule has 1 amide bonds. The predicted octanol–water partition coefficient (Wildman–Crippen LogP) is 4.91. The monoisotopic (exact) mass is 535 g/mol. The molecule has 9 heteroatoms. The minimum atomic E-state index is -0.726. The van der Waals surface area contributed by atoms with Gasteiger partial charge in [0, 0.05) is 22.3 Å². The van der Waals surface area contributed by atoms with Crippen LogP contribution in [0, 0.1) is 5.82 Å². The van der Waals surface area contributed by atoms with Crippen LogP contribution in [0.5, 0.6) is 0 Å². The van der Waals surface area contributed by atoms with Gasteiger partial charge in [-0.2, -0.15) is 4.80 Å². The van der Waals surface area contributed by atoms with Crippen molar-refractivity contribution < 1.29 is 13.9 Å². The second-order valence-corrected chi connectivity index (χ2v) is 9.28. The average Bonchev–Trinajstić information content (AvgIpc) is 3.41. The normalized spacial score (nSPS) is 17.8. The molecule has 2 atom stereocenters. The van der Waals surface area contributed by atoms with E-state index in [0.717, 1.165) is 15.7 Å². The molecule has 2 heterocycles. The number of carbonyl (C=O) groups excluding carboxylic acids is 1. The van der Waals surface area contributed by atoms with Gasteiger partial charge in [0.05, 0.1) is 5.69 Å². The molecule has 0 spiro atoms. The van der Waals surface area contributed by atoms with Crippen LogP contribution in [0.4, 0.5) is 10.1 Å². The van der Waals surface area contributed by atoms with Crippen LogP contribution in [-0.2, 0) is 16.0 Å². The van der Waals surface area contributed by atoms with Crippen molar-refractivity contribution in [1.82, 2.24) is 19.9 Å². The molecule has 1 aliphatic heterocycles. The van der Waals surface area contributed by atoms with E-state index >= 15 is 0 Å². The molecule has 5 rings (SSSR count). The number of benzene rings is 3. The van der Waals surface area contributed by atoms with Gasteiger partial charge in [0.15, 0.2) is 6.23 Å². The smallest absolute Gasteiger partial charge is 0.253 e. The third-order valence-corrected chi connectivity index (χ3v) is 6.45. The second kappa shape index (κ2) is 9.59. The summed E-state index contributed by atoms with van der Waals surface area (Å²) in [5.74, 6) is -0.463. The summed E-state index contributed by atoms with van der Waals surface area (Å²) in [4.78, 5) is 16.2. The Bertz CT molecular complexity index is 1340. The summed E-state index contributed by atoms with van der Waals surface area (Å²) in [5, 5.41) is 9.44. The molecule has 4 aromatic rings. The Hall–Kier alpha value is -3.56. The van der Waals surface area contributed by atoms with Crippen LogP contribution in [0.1, 0.15) is 24.4 Å². The van der Waals surface area contributed by atoms with Gasteiger partial charge in [-0.15, -0.1) is 10.2 Å². The van der Waals surface area contributed by atoms with Crippen molar-refractivity contribution in [1.29, 1.82) is 0 Å². The van der Waals surface area contributed by atoms with Gasteiger partial charge in [0.1, 0.15) is 23.3 Å². The number of nitrogen functional groups attached to an aromatic ring is 1. The van der Waals surface area contributed by atoms with E-state index in [1.807, 2.05) is 48.5 Å². The highest BCUT2D eigenvalue weighted by Gasteiger charge is 2.41. The highest BCUT2D eigenvalue weighted by atomic mass is 79.9. The molecule has 1 aromatic heterocycles. The Morgan fingerprint density at radius 1 is 1.00 bits per heavy atom. The second-order valence-electron chi connectivity index (χ2n) is 8.36. The maximum atomic E-state index is 13.6. The van der Waals surface area contributed by atoms with Gasteiger partial charge in [0.25, 0.3) is 5.91 Å². The maximum Gasteiger partial charge on any atom is 0.253 e. The fourth-order valence-electron chi connectivity index (χ4n) is 4.03. The summed E-state index contributed by atoms with van der Waals surface area (Å²) in [6.45, 7) is 2.17. The summed E-state index contributed by atoms with van der Waals surface area (Å²) in [6, 6.07) is 21.2. The zero-order chi connectivity index (χ0) is 24.5. The van der Waals surface area contributed by atoms with E-state index in [0.29, 0.717) is 35.6 Å². The van der Waals surface area contributed by atoms with Crippen molar-refractivity contribution in [3.63, 3.8) is 0 Å². The Kier molecular flexibility index (Phi) is 6.36. The molecule has 2 N–H and O–H groups in total. The van der Waals surface area contributed by atoms with Gasteiger partial charge in [-0.3, -0.25) is 4.79 Å². The van der Waals surface area contributed by atoms with E-state index in [-0.39, 0.29) is 11.7 Å². The van der Waals surface area contributed by atoms with Crippen LogP contribution in [0.3, 0.4) is 0 Å². The van der Waals surface area contributed by atoms with E-state index in [9.17, 15) is 9.18 Å². The minimum Gasteiger partial charge on any atom is -0.399 e. The highest BCUT2D eigenvalue weighted by Crippen LogP contribution is 2.36. The van der Waals surface area contributed by atoms with Crippen LogP contribution >= 0.6 is 15.9 Å². The number of ether oxygens (including phenoxy) is 1. The number of halogens is 2. The fraction of sp³-hybridized carbons (Fsp3) is 0.192. The zero-order valence-electron chi connectivity index (χ0n) is 18.9. The lowest BCUT2D eigenvalue weighted by Gasteiger charge is -2.22. The third kappa shape index (κ3) is 4.82. The van der Waals surface area contributed by atoms with Crippen molar-refractivity contribution in [3.8, 4) is 16.9 Å². The Labute approximate surface area is 210 Å². The van der Waals surface area contributed by atoms with Crippen molar-refractivity contribution in [2.45, 2.75) is 25.7 Å².